The average molecular weight is 311 g/mol. The Balaban J connectivity index is 1.69. The Bertz CT molecular complexity index is 381. The third-order valence-electron chi connectivity index (χ3n) is 4.40. The van der Waals surface area contributed by atoms with Crippen LogP contribution in [0.25, 0.3) is 0 Å². The maximum atomic E-state index is 12.1. The van der Waals surface area contributed by atoms with Gasteiger partial charge < -0.3 is 15.0 Å². The number of carbonyl (C=O) groups is 2. The molecule has 2 aliphatic heterocycles. The van der Waals surface area contributed by atoms with Crippen LogP contribution in [0.15, 0.2) is 0 Å². The van der Waals surface area contributed by atoms with Crippen LogP contribution in [0.4, 0.5) is 0 Å². The fourth-order valence-electron chi connectivity index (χ4n) is 2.88. The Morgan fingerprint density at radius 1 is 1.32 bits per heavy atom. The van der Waals surface area contributed by atoms with Crippen molar-refractivity contribution < 1.29 is 14.3 Å². The lowest BCUT2D eigenvalue weighted by Crippen LogP contribution is -2.42. The number of nitrogens with one attached hydrogen (secondary N) is 1. The smallest absolute Gasteiger partial charge is 0.225 e. The number of likely N-dealkylation sites (tertiary alicyclic amines) is 1. The highest BCUT2D eigenvalue weighted by Crippen LogP contribution is 2.18. The third kappa shape index (κ3) is 5.25. The largest absolute Gasteiger partial charge is 0.379 e. The van der Waals surface area contributed by atoms with E-state index in [4.69, 9.17) is 4.74 Å². The monoisotopic (exact) mass is 311 g/mol. The van der Waals surface area contributed by atoms with Crippen LogP contribution in [0, 0.1) is 11.8 Å². The quantitative estimate of drug-likeness (QED) is 0.736. The summed E-state index contributed by atoms with van der Waals surface area (Å²) in [6, 6.07) is 0. The first kappa shape index (κ1) is 17.2. The minimum Gasteiger partial charge on any atom is -0.379 e. The topological polar surface area (TPSA) is 61.9 Å². The molecule has 0 spiro atoms. The molecule has 0 aromatic rings. The molecule has 2 heterocycles. The molecule has 22 heavy (non-hydrogen) atoms. The van der Waals surface area contributed by atoms with Crippen molar-refractivity contribution in [1.29, 1.82) is 0 Å². The Kier molecular flexibility index (Phi) is 6.64. The molecule has 6 heteroatoms. The summed E-state index contributed by atoms with van der Waals surface area (Å²) in [6.07, 6.45) is 1.34. The van der Waals surface area contributed by atoms with E-state index in [-0.39, 0.29) is 17.7 Å². The Labute approximate surface area is 133 Å². The van der Waals surface area contributed by atoms with E-state index < -0.39 is 0 Å². The van der Waals surface area contributed by atoms with E-state index in [1.54, 1.807) is 0 Å². The zero-order valence-electron chi connectivity index (χ0n) is 13.8. The lowest BCUT2D eigenvalue weighted by Gasteiger charge is -2.28. The molecule has 0 aliphatic carbocycles. The van der Waals surface area contributed by atoms with Crippen molar-refractivity contribution in [2.24, 2.45) is 11.8 Å². The van der Waals surface area contributed by atoms with E-state index in [1.165, 1.54) is 0 Å². The number of rotatable bonds is 7. The maximum Gasteiger partial charge on any atom is 0.225 e. The summed E-state index contributed by atoms with van der Waals surface area (Å²) in [5.74, 6) is 0.542. The second kappa shape index (κ2) is 8.48. The lowest BCUT2D eigenvalue weighted by molar-refractivity contribution is -0.129. The number of nitrogens with zero attached hydrogens (tertiary/aromatic N) is 2. The first-order chi connectivity index (χ1) is 10.6. The molecular weight excluding hydrogens is 282 g/mol. The summed E-state index contributed by atoms with van der Waals surface area (Å²) in [5.41, 5.74) is 0. The molecule has 1 atom stereocenters. The maximum absolute atomic E-state index is 12.1. The van der Waals surface area contributed by atoms with Crippen LogP contribution in [0.1, 0.15) is 26.7 Å². The van der Waals surface area contributed by atoms with E-state index >= 15 is 0 Å². The number of ether oxygens (including phenoxy) is 1. The van der Waals surface area contributed by atoms with Crippen molar-refractivity contribution in [2.75, 3.05) is 52.5 Å². The summed E-state index contributed by atoms with van der Waals surface area (Å²) < 4.78 is 5.32. The summed E-state index contributed by atoms with van der Waals surface area (Å²) in [4.78, 5) is 28.3. The molecule has 1 unspecified atom stereocenters. The first-order valence-corrected chi connectivity index (χ1v) is 8.42. The van der Waals surface area contributed by atoms with Gasteiger partial charge in [-0.05, 0) is 12.3 Å². The van der Waals surface area contributed by atoms with Gasteiger partial charge in [0.25, 0.3) is 0 Å². The van der Waals surface area contributed by atoms with E-state index in [9.17, 15) is 9.59 Å². The van der Waals surface area contributed by atoms with Crippen molar-refractivity contribution in [3.8, 4) is 0 Å². The van der Waals surface area contributed by atoms with Crippen molar-refractivity contribution in [3.05, 3.63) is 0 Å². The van der Waals surface area contributed by atoms with Gasteiger partial charge in [0, 0.05) is 45.7 Å². The summed E-state index contributed by atoms with van der Waals surface area (Å²) >= 11 is 0. The number of morpholine rings is 1. The minimum absolute atomic E-state index is 0.0304. The van der Waals surface area contributed by atoms with E-state index in [0.717, 1.165) is 39.3 Å². The number of hydrogen-bond donors (Lipinski definition) is 1. The highest BCUT2D eigenvalue weighted by atomic mass is 16.5. The van der Waals surface area contributed by atoms with Crippen LogP contribution in [0.2, 0.25) is 0 Å². The van der Waals surface area contributed by atoms with Gasteiger partial charge in [0.2, 0.25) is 11.8 Å². The zero-order chi connectivity index (χ0) is 15.9. The molecule has 2 rings (SSSR count). The van der Waals surface area contributed by atoms with Gasteiger partial charge in [-0.25, -0.2) is 0 Å². The molecule has 0 aromatic carbocycles. The summed E-state index contributed by atoms with van der Waals surface area (Å²) in [5, 5.41) is 2.96. The fraction of sp³-hybridized carbons (Fsp3) is 0.875. The molecule has 2 aliphatic rings. The van der Waals surface area contributed by atoms with E-state index in [2.05, 4.69) is 24.1 Å². The molecule has 2 amide bonds. The predicted octanol–water partition coefficient (Wildman–Crippen LogP) is 0.329. The van der Waals surface area contributed by atoms with E-state index in [0.29, 0.717) is 32.0 Å². The molecule has 6 nitrogen and oxygen atoms in total. The summed E-state index contributed by atoms with van der Waals surface area (Å²) in [7, 11) is 0. The number of hydrogen-bond acceptors (Lipinski definition) is 4. The average Bonchev–Trinajstić information content (AvgIpc) is 2.87. The van der Waals surface area contributed by atoms with Gasteiger partial charge in [-0.1, -0.05) is 13.8 Å². The zero-order valence-corrected chi connectivity index (χ0v) is 13.8. The van der Waals surface area contributed by atoms with Crippen LogP contribution in [-0.2, 0) is 14.3 Å². The highest BCUT2D eigenvalue weighted by molar-refractivity contribution is 5.89. The van der Waals surface area contributed by atoms with Gasteiger partial charge in [0.1, 0.15) is 0 Å². The second-order valence-corrected chi connectivity index (χ2v) is 6.67. The second-order valence-electron chi connectivity index (χ2n) is 6.67. The first-order valence-electron chi connectivity index (χ1n) is 8.42. The van der Waals surface area contributed by atoms with Crippen LogP contribution < -0.4 is 5.32 Å². The Morgan fingerprint density at radius 3 is 2.73 bits per heavy atom. The van der Waals surface area contributed by atoms with Gasteiger partial charge in [-0.15, -0.1) is 0 Å². The third-order valence-corrected chi connectivity index (χ3v) is 4.40. The van der Waals surface area contributed by atoms with Gasteiger partial charge in [0.15, 0.2) is 0 Å². The molecule has 0 radical (unpaired) electrons. The molecule has 0 aromatic heterocycles. The molecule has 2 saturated heterocycles. The normalized spacial score (nSPS) is 23.3. The van der Waals surface area contributed by atoms with Gasteiger partial charge in [-0.2, -0.15) is 0 Å². The Morgan fingerprint density at radius 2 is 2.05 bits per heavy atom. The van der Waals surface area contributed by atoms with Crippen molar-refractivity contribution in [2.45, 2.75) is 26.7 Å². The standard InChI is InChI=1S/C16H29N3O3/c1-13(2)3-4-17-16(21)14-11-15(20)19(12-14)6-5-18-7-9-22-10-8-18/h13-14H,3-12H2,1-2H3,(H,17,21). The van der Waals surface area contributed by atoms with Crippen LogP contribution in [0.3, 0.4) is 0 Å². The Hall–Kier alpha value is -1.14. The number of carbonyl (C=O) groups excluding carboxylic acids is 2. The van der Waals surface area contributed by atoms with Gasteiger partial charge in [-0.3, -0.25) is 14.5 Å². The SMILES string of the molecule is CC(C)CCNC(=O)C1CC(=O)N(CCN2CCOCC2)C1. The molecule has 1 N–H and O–H groups in total. The van der Waals surface area contributed by atoms with Crippen molar-refractivity contribution in [3.63, 3.8) is 0 Å². The predicted molar refractivity (Wildman–Crippen MR) is 84.4 cm³/mol. The number of amides is 2. The molecule has 0 saturated carbocycles. The minimum atomic E-state index is -0.177. The van der Waals surface area contributed by atoms with Crippen molar-refractivity contribution >= 4 is 11.8 Å². The van der Waals surface area contributed by atoms with Gasteiger partial charge >= 0.3 is 0 Å². The van der Waals surface area contributed by atoms with Crippen molar-refractivity contribution in [1.82, 2.24) is 15.1 Å². The van der Waals surface area contributed by atoms with Gasteiger partial charge in [0.05, 0.1) is 19.1 Å². The van der Waals surface area contributed by atoms with Crippen LogP contribution >= 0.6 is 0 Å². The fourth-order valence-corrected chi connectivity index (χ4v) is 2.88. The highest BCUT2D eigenvalue weighted by Gasteiger charge is 2.34. The molecule has 0 bridgehead atoms. The van der Waals surface area contributed by atoms with E-state index in [1.807, 2.05) is 4.90 Å². The summed E-state index contributed by atoms with van der Waals surface area (Å²) in [6.45, 7) is 10.5. The van der Waals surface area contributed by atoms with Crippen LogP contribution in [-0.4, -0.2) is 74.1 Å². The molecule has 126 valence electrons. The molecular formula is C16H29N3O3. The molecule has 2 fully saturated rings. The lowest BCUT2D eigenvalue weighted by atomic mass is 10.1. The van der Waals surface area contributed by atoms with Crippen LogP contribution in [0.5, 0.6) is 0 Å².